The second-order valence-electron chi connectivity index (χ2n) is 2.75. The Hall–Kier alpha value is -0.110. The minimum Gasteiger partial charge on any atom is -0.393 e. The molecule has 1 nitrogen and oxygen atoms in total. The van der Waals surface area contributed by atoms with Gasteiger partial charge in [-0.2, -0.15) is 0 Å². The van der Waals surface area contributed by atoms with Crippen molar-refractivity contribution < 1.29 is 9.50 Å². The lowest BCUT2D eigenvalue weighted by atomic mass is 10.1. The molecule has 1 N–H and O–H groups in total. The molecule has 0 saturated carbocycles. The molecule has 2 heteroatoms. The van der Waals surface area contributed by atoms with Gasteiger partial charge in [0.05, 0.1) is 6.61 Å². The fourth-order valence-corrected chi connectivity index (χ4v) is 0.605. The van der Waals surface area contributed by atoms with Gasteiger partial charge in [0.2, 0.25) is 0 Å². The van der Waals surface area contributed by atoms with Crippen molar-refractivity contribution in [2.75, 3.05) is 6.61 Å². The summed E-state index contributed by atoms with van der Waals surface area (Å²) in [5, 5.41) is 8.27. The normalized spacial score (nSPS) is 14.3. The number of aliphatic hydroxyl groups excluding tert-OH is 1. The summed E-state index contributed by atoms with van der Waals surface area (Å²) in [5.41, 5.74) is 0. The quantitative estimate of drug-likeness (QED) is 0.621. The third kappa shape index (κ3) is 5.77. The molecule has 0 amide bonds. The highest BCUT2D eigenvalue weighted by molar-refractivity contribution is 4.54. The van der Waals surface area contributed by atoms with E-state index in [-0.39, 0.29) is 6.61 Å². The molecular weight excluding hydrogens is 119 g/mol. The monoisotopic (exact) mass is 134 g/mol. The first-order valence-electron chi connectivity index (χ1n) is 3.41. The highest BCUT2D eigenvalue weighted by atomic mass is 19.1. The van der Waals surface area contributed by atoms with Crippen molar-refractivity contribution in [2.24, 2.45) is 5.92 Å². The van der Waals surface area contributed by atoms with Gasteiger partial charge < -0.3 is 5.11 Å². The van der Waals surface area contributed by atoms with Gasteiger partial charge in [-0.25, -0.2) is 4.39 Å². The van der Waals surface area contributed by atoms with Crippen molar-refractivity contribution >= 4 is 0 Å². The van der Waals surface area contributed by atoms with Gasteiger partial charge in [-0.1, -0.05) is 13.8 Å². The zero-order valence-electron chi connectivity index (χ0n) is 6.10. The van der Waals surface area contributed by atoms with Crippen LogP contribution in [0.3, 0.4) is 0 Å². The zero-order valence-corrected chi connectivity index (χ0v) is 6.10. The van der Waals surface area contributed by atoms with Crippen molar-refractivity contribution in [3.63, 3.8) is 0 Å². The molecule has 0 aliphatic carbocycles. The van der Waals surface area contributed by atoms with Crippen LogP contribution in [-0.4, -0.2) is 17.9 Å². The zero-order chi connectivity index (χ0) is 7.28. The molecule has 0 fully saturated rings. The number of alkyl halides is 1. The van der Waals surface area contributed by atoms with Crippen molar-refractivity contribution in [1.82, 2.24) is 0 Å². The third-order valence-corrected chi connectivity index (χ3v) is 1.26. The molecule has 56 valence electrons. The SMILES string of the molecule is CC(C)CC[C@@H](F)CO. The lowest BCUT2D eigenvalue weighted by Gasteiger charge is -2.05. The number of rotatable bonds is 4. The largest absolute Gasteiger partial charge is 0.393 e. The Balaban J connectivity index is 3.06. The molecule has 9 heavy (non-hydrogen) atoms. The van der Waals surface area contributed by atoms with Crippen LogP contribution >= 0.6 is 0 Å². The van der Waals surface area contributed by atoms with E-state index < -0.39 is 6.17 Å². The van der Waals surface area contributed by atoms with E-state index in [0.717, 1.165) is 6.42 Å². The highest BCUT2D eigenvalue weighted by Gasteiger charge is 2.04. The van der Waals surface area contributed by atoms with E-state index in [4.69, 9.17) is 5.11 Å². The smallest absolute Gasteiger partial charge is 0.123 e. The summed E-state index contributed by atoms with van der Waals surface area (Å²) in [4.78, 5) is 0. The standard InChI is InChI=1S/C7H15FO/c1-6(2)3-4-7(8)5-9/h6-7,9H,3-5H2,1-2H3/t7-/m1/s1. The predicted molar refractivity (Wildman–Crippen MR) is 36.1 cm³/mol. The summed E-state index contributed by atoms with van der Waals surface area (Å²) in [5.74, 6) is 0.537. The molecule has 0 bridgehead atoms. The second-order valence-corrected chi connectivity index (χ2v) is 2.75. The summed E-state index contributed by atoms with van der Waals surface area (Å²) in [6.45, 7) is 3.76. The summed E-state index contributed by atoms with van der Waals surface area (Å²) < 4.78 is 12.2. The van der Waals surface area contributed by atoms with Gasteiger partial charge in [0.25, 0.3) is 0 Å². The molecule has 0 aromatic rings. The molecule has 0 unspecified atom stereocenters. The van der Waals surface area contributed by atoms with Crippen LogP contribution in [0.15, 0.2) is 0 Å². The van der Waals surface area contributed by atoms with Crippen molar-refractivity contribution in [3.8, 4) is 0 Å². The molecule has 0 aliphatic heterocycles. The van der Waals surface area contributed by atoms with Crippen LogP contribution in [-0.2, 0) is 0 Å². The molecule has 0 rings (SSSR count). The molecule has 0 heterocycles. The molecule has 0 saturated heterocycles. The molecule has 0 aromatic heterocycles. The Morgan fingerprint density at radius 2 is 1.89 bits per heavy atom. The van der Waals surface area contributed by atoms with Crippen LogP contribution in [0.25, 0.3) is 0 Å². The van der Waals surface area contributed by atoms with Gasteiger partial charge in [-0.15, -0.1) is 0 Å². The fourth-order valence-electron chi connectivity index (χ4n) is 0.605. The number of hydrogen-bond donors (Lipinski definition) is 1. The molecule has 0 aromatic carbocycles. The van der Waals surface area contributed by atoms with Crippen molar-refractivity contribution in [1.29, 1.82) is 0 Å². The number of hydrogen-bond acceptors (Lipinski definition) is 1. The maximum atomic E-state index is 12.2. The van der Waals surface area contributed by atoms with Crippen LogP contribution in [0, 0.1) is 5.92 Å². The van der Waals surface area contributed by atoms with Gasteiger partial charge >= 0.3 is 0 Å². The number of halogens is 1. The van der Waals surface area contributed by atoms with Gasteiger partial charge in [0, 0.05) is 0 Å². The van der Waals surface area contributed by atoms with Gasteiger partial charge in [0.15, 0.2) is 0 Å². The van der Waals surface area contributed by atoms with Crippen molar-refractivity contribution in [2.45, 2.75) is 32.9 Å². The van der Waals surface area contributed by atoms with E-state index >= 15 is 0 Å². The second kappa shape index (κ2) is 4.74. The van der Waals surface area contributed by atoms with E-state index in [1.165, 1.54) is 0 Å². The first-order chi connectivity index (χ1) is 4.16. The van der Waals surface area contributed by atoms with E-state index in [1.54, 1.807) is 0 Å². The Bertz CT molecular complexity index is 63.9. The molecule has 0 radical (unpaired) electrons. The Morgan fingerprint density at radius 1 is 1.33 bits per heavy atom. The van der Waals surface area contributed by atoms with Crippen LogP contribution in [0.4, 0.5) is 4.39 Å². The summed E-state index contributed by atoms with van der Waals surface area (Å²) in [6, 6.07) is 0. The summed E-state index contributed by atoms with van der Waals surface area (Å²) in [7, 11) is 0. The molecular formula is C7H15FO. The highest BCUT2D eigenvalue weighted by Crippen LogP contribution is 2.08. The van der Waals surface area contributed by atoms with Gasteiger partial charge in [-0.3, -0.25) is 0 Å². The van der Waals surface area contributed by atoms with Gasteiger partial charge in [-0.05, 0) is 18.8 Å². The number of aliphatic hydroxyl groups is 1. The average molecular weight is 134 g/mol. The van der Waals surface area contributed by atoms with Crippen LogP contribution in [0.1, 0.15) is 26.7 Å². The topological polar surface area (TPSA) is 20.2 Å². The summed E-state index contributed by atoms with van der Waals surface area (Å²) in [6.07, 6.45) is 0.350. The van der Waals surface area contributed by atoms with Gasteiger partial charge in [0.1, 0.15) is 6.17 Å². The average Bonchev–Trinajstić information content (AvgIpc) is 1.83. The minimum absolute atomic E-state index is 0.327. The first-order valence-corrected chi connectivity index (χ1v) is 3.41. The summed E-state index contributed by atoms with van der Waals surface area (Å²) >= 11 is 0. The van der Waals surface area contributed by atoms with Crippen molar-refractivity contribution in [3.05, 3.63) is 0 Å². The lowest BCUT2D eigenvalue weighted by Crippen LogP contribution is -2.06. The van der Waals surface area contributed by atoms with Crippen LogP contribution in [0.5, 0.6) is 0 Å². The maximum absolute atomic E-state index is 12.2. The van der Waals surface area contributed by atoms with Crippen LogP contribution in [0.2, 0.25) is 0 Å². The Kier molecular flexibility index (Phi) is 4.68. The lowest BCUT2D eigenvalue weighted by molar-refractivity contribution is 0.164. The maximum Gasteiger partial charge on any atom is 0.123 e. The third-order valence-electron chi connectivity index (χ3n) is 1.26. The Morgan fingerprint density at radius 3 is 2.22 bits per heavy atom. The van der Waals surface area contributed by atoms with Crippen LogP contribution < -0.4 is 0 Å². The van der Waals surface area contributed by atoms with E-state index in [1.807, 2.05) is 13.8 Å². The molecule has 0 spiro atoms. The van der Waals surface area contributed by atoms with E-state index in [9.17, 15) is 4.39 Å². The molecule has 1 atom stereocenters. The van der Waals surface area contributed by atoms with E-state index in [0.29, 0.717) is 12.3 Å². The predicted octanol–water partition coefficient (Wildman–Crippen LogP) is 1.75. The fraction of sp³-hybridized carbons (Fsp3) is 1.00. The molecule has 0 aliphatic rings. The van der Waals surface area contributed by atoms with E-state index in [2.05, 4.69) is 0 Å². The Labute approximate surface area is 55.9 Å². The first kappa shape index (κ1) is 8.89. The minimum atomic E-state index is -1.01.